The fourth-order valence-corrected chi connectivity index (χ4v) is 2.50. The summed E-state index contributed by atoms with van der Waals surface area (Å²) in [7, 11) is 1.52. The second-order valence-corrected chi connectivity index (χ2v) is 5.11. The largest absolute Gasteiger partial charge is 0.496 e. The van der Waals surface area contributed by atoms with E-state index in [0.29, 0.717) is 17.7 Å². The number of rotatable bonds is 4. The smallest absolute Gasteiger partial charge is 0.131 e. The van der Waals surface area contributed by atoms with E-state index in [2.05, 4.69) is 15.9 Å². The van der Waals surface area contributed by atoms with Gasteiger partial charge >= 0.3 is 0 Å². The molecule has 2 aromatic carbocycles. The molecule has 100 valence electrons. The second-order valence-electron chi connectivity index (χ2n) is 4.26. The van der Waals surface area contributed by atoms with Crippen LogP contribution in [0, 0.1) is 5.82 Å². The topological polar surface area (TPSA) is 35.2 Å². The van der Waals surface area contributed by atoms with Gasteiger partial charge in [0.15, 0.2) is 0 Å². The van der Waals surface area contributed by atoms with Crippen molar-refractivity contribution in [3.63, 3.8) is 0 Å². The molecule has 1 atom stereocenters. The number of hydrogen-bond acceptors (Lipinski definition) is 2. The minimum atomic E-state index is -0.449. The third-order valence-electron chi connectivity index (χ3n) is 3.00. The number of hydrogen-bond donors (Lipinski definition) is 1. The van der Waals surface area contributed by atoms with Gasteiger partial charge in [-0.15, -0.1) is 0 Å². The van der Waals surface area contributed by atoms with Crippen LogP contribution in [0.2, 0.25) is 0 Å². The molecule has 0 fully saturated rings. The summed E-state index contributed by atoms with van der Waals surface area (Å²) in [6.45, 7) is 0. The summed E-state index contributed by atoms with van der Waals surface area (Å²) in [5, 5.41) is 0. The summed E-state index contributed by atoms with van der Waals surface area (Å²) < 4.78 is 20.1. The van der Waals surface area contributed by atoms with Crippen molar-refractivity contribution in [2.75, 3.05) is 7.11 Å². The molecule has 19 heavy (non-hydrogen) atoms. The van der Waals surface area contributed by atoms with Crippen LogP contribution < -0.4 is 10.5 Å². The molecule has 4 heteroatoms. The van der Waals surface area contributed by atoms with Crippen LogP contribution in [0.5, 0.6) is 5.75 Å². The maximum Gasteiger partial charge on any atom is 0.131 e. The van der Waals surface area contributed by atoms with Gasteiger partial charge in [0.25, 0.3) is 0 Å². The Morgan fingerprint density at radius 1 is 1.21 bits per heavy atom. The van der Waals surface area contributed by atoms with E-state index in [-0.39, 0.29) is 5.82 Å². The van der Waals surface area contributed by atoms with Crippen molar-refractivity contribution < 1.29 is 9.13 Å². The van der Waals surface area contributed by atoms with Crippen LogP contribution in [0.25, 0.3) is 0 Å². The molecule has 0 heterocycles. The van der Waals surface area contributed by atoms with E-state index >= 15 is 0 Å². The molecule has 1 unspecified atom stereocenters. The summed E-state index contributed by atoms with van der Waals surface area (Å²) in [6, 6.07) is 12.1. The summed E-state index contributed by atoms with van der Waals surface area (Å²) in [6.07, 6.45) is 0.540. The second kappa shape index (κ2) is 6.17. The van der Waals surface area contributed by atoms with Crippen molar-refractivity contribution in [2.45, 2.75) is 12.5 Å². The Morgan fingerprint density at radius 3 is 2.63 bits per heavy atom. The van der Waals surface area contributed by atoms with Gasteiger partial charge in [-0.3, -0.25) is 0 Å². The third-order valence-corrected chi connectivity index (χ3v) is 3.77. The molecule has 0 saturated carbocycles. The fourth-order valence-electron chi connectivity index (χ4n) is 2.06. The molecule has 0 aromatic heterocycles. The van der Waals surface area contributed by atoms with E-state index in [1.807, 2.05) is 24.3 Å². The Kier molecular flexibility index (Phi) is 4.56. The SMILES string of the molecule is COc1cccc(F)c1C(N)Cc1ccccc1Br. The Hall–Kier alpha value is -1.39. The van der Waals surface area contributed by atoms with Crippen molar-refractivity contribution in [2.24, 2.45) is 5.73 Å². The van der Waals surface area contributed by atoms with Crippen molar-refractivity contribution in [1.29, 1.82) is 0 Å². The lowest BCUT2D eigenvalue weighted by atomic mass is 9.98. The highest BCUT2D eigenvalue weighted by Gasteiger charge is 2.18. The van der Waals surface area contributed by atoms with E-state index in [1.165, 1.54) is 13.2 Å². The molecule has 2 N–H and O–H groups in total. The average molecular weight is 324 g/mol. The van der Waals surface area contributed by atoms with Gasteiger partial charge < -0.3 is 10.5 Å². The van der Waals surface area contributed by atoms with Crippen molar-refractivity contribution in [3.8, 4) is 5.75 Å². The molecule has 0 aliphatic heterocycles. The zero-order chi connectivity index (χ0) is 13.8. The van der Waals surface area contributed by atoms with Crippen LogP contribution in [0.15, 0.2) is 46.9 Å². The van der Waals surface area contributed by atoms with Gasteiger partial charge in [-0.25, -0.2) is 4.39 Å². The first-order valence-corrected chi connectivity index (χ1v) is 6.74. The number of methoxy groups -OCH3 is 1. The van der Waals surface area contributed by atoms with E-state index in [0.717, 1.165) is 10.0 Å². The minimum Gasteiger partial charge on any atom is -0.496 e. The zero-order valence-electron chi connectivity index (χ0n) is 10.6. The lowest BCUT2D eigenvalue weighted by molar-refractivity contribution is 0.399. The number of benzene rings is 2. The Balaban J connectivity index is 2.30. The lowest BCUT2D eigenvalue weighted by Gasteiger charge is -2.17. The molecule has 0 bridgehead atoms. The molecule has 0 aliphatic rings. The van der Waals surface area contributed by atoms with Crippen LogP contribution in [0.1, 0.15) is 17.2 Å². The summed E-state index contributed by atoms with van der Waals surface area (Å²) in [4.78, 5) is 0. The van der Waals surface area contributed by atoms with Crippen LogP contribution >= 0.6 is 15.9 Å². The normalized spacial score (nSPS) is 12.2. The van der Waals surface area contributed by atoms with Gasteiger partial charge in [0.05, 0.1) is 7.11 Å². The predicted molar refractivity (Wildman–Crippen MR) is 77.7 cm³/mol. The van der Waals surface area contributed by atoms with E-state index in [1.54, 1.807) is 12.1 Å². The number of nitrogens with two attached hydrogens (primary N) is 1. The van der Waals surface area contributed by atoms with Gasteiger partial charge in [-0.2, -0.15) is 0 Å². The highest BCUT2D eigenvalue weighted by Crippen LogP contribution is 2.30. The standard InChI is InChI=1S/C15H15BrFNO/c1-19-14-8-4-7-12(17)15(14)13(18)9-10-5-2-3-6-11(10)16/h2-8,13H,9,18H2,1H3. The lowest BCUT2D eigenvalue weighted by Crippen LogP contribution is -2.16. The van der Waals surface area contributed by atoms with E-state index in [4.69, 9.17) is 10.5 Å². The Labute approximate surface area is 120 Å². The maximum absolute atomic E-state index is 13.9. The first kappa shape index (κ1) is 14.0. The Morgan fingerprint density at radius 2 is 1.95 bits per heavy atom. The molecule has 0 spiro atoms. The van der Waals surface area contributed by atoms with Crippen molar-refractivity contribution in [1.82, 2.24) is 0 Å². The average Bonchev–Trinajstić information content (AvgIpc) is 2.40. The van der Waals surface area contributed by atoms with Gasteiger partial charge in [-0.05, 0) is 30.2 Å². The highest BCUT2D eigenvalue weighted by molar-refractivity contribution is 9.10. The van der Waals surface area contributed by atoms with Crippen LogP contribution in [0.3, 0.4) is 0 Å². The molecule has 0 aliphatic carbocycles. The van der Waals surface area contributed by atoms with E-state index in [9.17, 15) is 4.39 Å². The molecule has 2 aromatic rings. The van der Waals surface area contributed by atoms with Crippen LogP contribution in [-0.4, -0.2) is 7.11 Å². The number of ether oxygens (including phenoxy) is 1. The number of halogens is 2. The molecule has 0 saturated heterocycles. The van der Waals surface area contributed by atoms with Gasteiger partial charge in [-0.1, -0.05) is 40.2 Å². The minimum absolute atomic E-state index is 0.334. The molecule has 2 nitrogen and oxygen atoms in total. The molecule has 0 radical (unpaired) electrons. The van der Waals surface area contributed by atoms with Gasteiger partial charge in [0, 0.05) is 16.1 Å². The maximum atomic E-state index is 13.9. The highest BCUT2D eigenvalue weighted by atomic mass is 79.9. The van der Waals surface area contributed by atoms with Crippen LogP contribution in [-0.2, 0) is 6.42 Å². The summed E-state index contributed by atoms with van der Waals surface area (Å²) >= 11 is 3.47. The third kappa shape index (κ3) is 3.14. The quantitative estimate of drug-likeness (QED) is 0.927. The first-order chi connectivity index (χ1) is 9.13. The van der Waals surface area contributed by atoms with Crippen LogP contribution in [0.4, 0.5) is 4.39 Å². The predicted octanol–water partition coefficient (Wildman–Crippen LogP) is 3.84. The summed E-state index contributed by atoms with van der Waals surface area (Å²) in [5.74, 6) is 0.151. The molecular formula is C15H15BrFNO. The van der Waals surface area contributed by atoms with E-state index < -0.39 is 6.04 Å². The van der Waals surface area contributed by atoms with Gasteiger partial charge in [0.2, 0.25) is 0 Å². The monoisotopic (exact) mass is 323 g/mol. The molecular weight excluding hydrogens is 309 g/mol. The zero-order valence-corrected chi connectivity index (χ0v) is 12.2. The van der Waals surface area contributed by atoms with Crippen molar-refractivity contribution in [3.05, 3.63) is 63.9 Å². The first-order valence-electron chi connectivity index (χ1n) is 5.95. The van der Waals surface area contributed by atoms with Gasteiger partial charge in [0.1, 0.15) is 11.6 Å². The molecule has 0 amide bonds. The van der Waals surface area contributed by atoms with Crippen molar-refractivity contribution >= 4 is 15.9 Å². The summed E-state index contributed by atoms with van der Waals surface area (Å²) in [5.41, 5.74) is 7.59. The Bertz CT molecular complexity index is 574. The fraction of sp³-hybridized carbons (Fsp3) is 0.200. The molecule has 2 rings (SSSR count).